The lowest BCUT2D eigenvalue weighted by molar-refractivity contribution is -0.149. The van der Waals surface area contributed by atoms with Crippen molar-refractivity contribution in [3.05, 3.63) is 29.6 Å². The second kappa shape index (κ2) is 13.7. The fourth-order valence-electron chi connectivity index (χ4n) is 2.78. The summed E-state index contributed by atoms with van der Waals surface area (Å²) in [5.41, 5.74) is 0.608. The summed E-state index contributed by atoms with van der Waals surface area (Å²) in [4.78, 5) is 27.4. The number of carbonyl (C=O) groups is 2. The van der Waals surface area contributed by atoms with Crippen LogP contribution in [0.25, 0.3) is 0 Å². The van der Waals surface area contributed by atoms with Gasteiger partial charge in [-0.1, -0.05) is 52.4 Å². The Labute approximate surface area is 167 Å². The number of carbonyl (C=O) groups excluding carboxylic acids is 1. The van der Waals surface area contributed by atoms with Gasteiger partial charge in [0.1, 0.15) is 6.10 Å². The van der Waals surface area contributed by atoms with Gasteiger partial charge in [0.15, 0.2) is 0 Å². The third-order valence-corrected chi connectivity index (χ3v) is 4.51. The average molecular weight is 430 g/mol. The molecule has 0 fully saturated rings. The first-order valence-electron chi connectivity index (χ1n) is 9.35. The maximum atomic E-state index is 12.0. The lowest BCUT2D eigenvalue weighted by Crippen LogP contribution is -2.23. The number of aromatic nitrogens is 1. The molecule has 1 heterocycles. The second-order valence-electron chi connectivity index (χ2n) is 6.60. The SMILES string of the molecule is Br.CCCCCCCCCC(=O)OC(C)C(C)c1ncccc1C(=O)O. The molecule has 0 aromatic carbocycles. The standard InChI is InChI=1S/C20H31NO4.BrH/c1-4-5-6-7-8-9-10-13-18(22)25-16(3)15(2)19-17(20(23)24)12-11-14-21-19;/h11-12,14-16H,4-10,13H2,1-3H3,(H,23,24);1H. The molecule has 5 nitrogen and oxygen atoms in total. The molecule has 26 heavy (non-hydrogen) atoms. The van der Waals surface area contributed by atoms with E-state index >= 15 is 0 Å². The van der Waals surface area contributed by atoms with Crippen LogP contribution in [0.1, 0.15) is 94.1 Å². The van der Waals surface area contributed by atoms with E-state index in [0.717, 1.165) is 19.3 Å². The molecule has 6 heteroatoms. The van der Waals surface area contributed by atoms with E-state index in [2.05, 4.69) is 11.9 Å². The van der Waals surface area contributed by atoms with Crippen LogP contribution in [0.2, 0.25) is 0 Å². The minimum Gasteiger partial charge on any atom is -0.478 e. The van der Waals surface area contributed by atoms with E-state index in [1.54, 1.807) is 19.2 Å². The molecule has 2 unspecified atom stereocenters. The molecule has 148 valence electrons. The number of pyridine rings is 1. The summed E-state index contributed by atoms with van der Waals surface area (Å²) in [5.74, 6) is -1.51. The van der Waals surface area contributed by atoms with E-state index in [-0.39, 0.29) is 34.4 Å². The number of carboxylic acid groups (broad SMARTS) is 1. The topological polar surface area (TPSA) is 76.5 Å². The van der Waals surface area contributed by atoms with Gasteiger partial charge in [-0.15, -0.1) is 17.0 Å². The van der Waals surface area contributed by atoms with Gasteiger partial charge in [0.25, 0.3) is 0 Å². The Hall–Kier alpha value is -1.43. The minimum absolute atomic E-state index is 0. The summed E-state index contributed by atoms with van der Waals surface area (Å²) in [6, 6.07) is 3.12. The van der Waals surface area contributed by atoms with Gasteiger partial charge in [0.05, 0.1) is 11.3 Å². The molecule has 1 aromatic rings. The number of hydrogen-bond donors (Lipinski definition) is 1. The van der Waals surface area contributed by atoms with Crippen molar-refractivity contribution in [2.75, 3.05) is 0 Å². The predicted molar refractivity (Wildman–Crippen MR) is 108 cm³/mol. The van der Waals surface area contributed by atoms with E-state index in [9.17, 15) is 14.7 Å². The fraction of sp³-hybridized carbons (Fsp3) is 0.650. The number of ether oxygens (including phenoxy) is 1. The zero-order chi connectivity index (χ0) is 18.7. The highest BCUT2D eigenvalue weighted by molar-refractivity contribution is 8.93. The molecule has 1 aromatic heterocycles. The Kier molecular flexibility index (Phi) is 13.0. The summed E-state index contributed by atoms with van der Waals surface area (Å²) in [5, 5.41) is 9.25. The normalized spacial score (nSPS) is 12.7. The van der Waals surface area contributed by atoms with Gasteiger partial charge in [-0.2, -0.15) is 0 Å². The van der Waals surface area contributed by atoms with Crippen molar-refractivity contribution < 1.29 is 19.4 Å². The van der Waals surface area contributed by atoms with Crippen LogP contribution < -0.4 is 0 Å². The van der Waals surface area contributed by atoms with Crippen LogP contribution in [-0.4, -0.2) is 28.1 Å². The molecule has 0 saturated carbocycles. The van der Waals surface area contributed by atoms with Gasteiger partial charge in [-0.05, 0) is 25.5 Å². The zero-order valence-electron chi connectivity index (χ0n) is 16.1. The van der Waals surface area contributed by atoms with Crippen LogP contribution in [0, 0.1) is 0 Å². The molecule has 0 aliphatic carbocycles. The van der Waals surface area contributed by atoms with Gasteiger partial charge in [0.2, 0.25) is 0 Å². The molecule has 0 amide bonds. The third-order valence-electron chi connectivity index (χ3n) is 4.51. The highest BCUT2D eigenvalue weighted by atomic mass is 79.9. The first-order valence-corrected chi connectivity index (χ1v) is 9.35. The van der Waals surface area contributed by atoms with E-state index < -0.39 is 12.1 Å². The van der Waals surface area contributed by atoms with Crippen LogP contribution in [0.15, 0.2) is 18.3 Å². The summed E-state index contributed by atoms with van der Waals surface area (Å²) < 4.78 is 5.47. The molecule has 0 bridgehead atoms. The van der Waals surface area contributed by atoms with Gasteiger partial charge in [-0.3, -0.25) is 9.78 Å². The first-order chi connectivity index (χ1) is 12.0. The molecule has 0 radical (unpaired) electrons. The number of esters is 1. The Bertz CT molecular complexity index is 550. The van der Waals surface area contributed by atoms with Gasteiger partial charge < -0.3 is 9.84 Å². The van der Waals surface area contributed by atoms with E-state index in [1.807, 2.05) is 6.92 Å². The minimum atomic E-state index is -1.02. The molecule has 2 atom stereocenters. The van der Waals surface area contributed by atoms with Crippen LogP contribution in [0.5, 0.6) is 0 Å². The van der Waals surface area contributed by atoms with Gasteiger partial charge in [0, 0.05) is 18.5 Å². The van der Waals surface area contributed by atoms with Crippen molar-refractivity contribution in [2.24, 2.45) is 0 Å². The molecule has 0 aliphatic heterocycles. The number of rotatable bonds is 12. The smallest absolute Gasteiger partial charge is 0.337 e. The van der Waals surface area contributed by atoms with Crippen LogP contribution in [-0.2, 0) is 9.53 Å². The van der Waals surface area contributed by atoms with Crippen molar-refractivity contribution in [1.82, 2.24) is 4.98 Å². The second-order valence-corrected chi connectivity index (χ2v) is 6.60. The maximum Gasteiger partial charge on any atom is 0.337 e. The number of unbranched alkanes of at least 4 members (excludes halogenated alkanes) is 6. The molecule has 1 rings (SSSR count). The number of nitrogens with zero attached hydrogens (tertiary/aromatic N) is 1. The molecule has 0 aliphatic rings. The van der Waals surface area contributed by atoms with E-state index in [4.69, 9.17) is 4.74 Å². The Balaban J connectivity index is 0.00000625. The largest absolute Gasteiger partial charge is 0.478 e. The highest BCUT2D eigenvalue weighted by Crippen LogP contribution is 2.23. The van der Waals surface area contributed by atoms with Crippen molar-refractivity contribution in [1.29, 1.82) is 0 Å². The lowest BCUT2D eigenvalue weighted by atomic mass is 9.97. The Morgan fingerprint density at radius 2 is 1.73 bits per heavy atom. The lowest BCUT2D eigenvalue weighted by Gasteiger charge is -2.21. The fourth-order valence-corrected chi connectivity index (χ4v) is 2.78. The maximum absolute atomic E-state index is 12.0. The Morgan fingerprint density at radius 1 is 1.12 bits per heavy atom. The summed E-state index contributed by atoms with van der Waals surface area (Å²) >= 11 is 0. The molecule has 0 saturated heterocycles. The summed E-state index contributed by atoms with van der Waals surface area (Å²) in [6.07, 6.45) is 9.64. The van der Waals surface area contributed by atoms with Crippen molar-refractivity contribution in [2.45, 2.75) is 84.2 Å². The molecule has 1 N–H and O–H groups in total. The van der Waals surface area contributed by atoms with Gasteiger partial charge >= 0.3 is 11.9 Å². The van der Waals surface area contributed by atoms with Crippen LogP contribution in [0.4, 0.5) is 0 Å². The first kappa shape index (κ1) is 24.6. The molecular formula is C20H32BrNO4. The average Bonchev–Trinajstić information content (AvgIpc) is 2.60. The van der Waals surface area contributed by atoms with Crippen LogP contribution in [0.3, 0.4) is 0 Å². The molecular weight excluding hydrogens is 398 g/mol. The van der Waals surface area contributed by atoms with Crippen LogP contribution >= 0.6 is 17.0 Å². The number of hydrogen-bond acceptors (Lipinski definition) is 4. The number of halogens is 1. The predicted octanol–water partition coefficient (Wildman–Crippen LogP) is 5.53. The monoisotopic (exact) mass is 429 g/mol. The van der Waals surface area contributed by atoms with Crippen molar-refractivity contribution in [3.8, 4) is 0 Å². The van der Waals surface area contributed by atoms with E-state index in [0.29, 0.717) is 12.1 Å². The third kappa shape index (κ3) is 8.79. The molecule has 0 spiro atoms. The van der Waals surface area contributed by atoms with Crippen molar-refractivity contribution in [3.63, 3.8) is 0 Å². The zero-order valence-corrected chi connectivity index (χ0v) is 17.8. The van der Waals surface area contributed by atoms with Gasteiger partial charge in [-0.25, -0.2) is 4.79 Å². The quantitative estimate of drug-likeness (QED) is 0.348. The Morgan fingerprint density at radius 3 is 2.35 bits per heavy atom. The van der Waals surface area contributed by atoms with Crippen molar-refractivity contribution >= 4 is 28.9 Å². The van der Waals surface area contributed by atoms with E-state index in [1.165, 1.54) is 31.7 Å². The highest BCUT2D eigenvalue weighted by Gasteiger charge is 2.24. The number of aromatic carboxylic acids is 1. The summed E-state index contributed by atoms with van der Waals surface area (Å²) in [7, 11) is 0. The summed E-state index contributed by atoms with van der Waals surface area (Å²) in [6.45, 7) is 5.82. The number of carboxylic acids is 1.